The maximum absolute atomic E-state index is 9.10. The van der Waals surface area contributed by atoms with Crippen LogP contribution in [0.1, 0.15) is 18.0 Å². The van der Waals surface area contributed by atoms with Crippen molar-refractivity contribution in [3.8, 4) is 0 Å². The first kappa shape index (κ1) is 14.8. The van der Waals surface area contributed by atoms with Gasteiger partial charge in [-0.15, -0.1) is 0 Å². The number of hydrogen-bond acceptors (Lipinski definition) is 4. The fourth-order valence-electron chi connectivity index (χ4n) is 2.29. The van der Waals surface area contributed by atoms with Crippen LogP contribution in [0.25, 0.3) is 0 Å². The molecule has 2 unspecified atom stereocenters. The number of rotatable bonds is 5. The van der Waals surface area contributed by atoms with Gasteiger partial charge in [-0.1, -0.05) is 23.7 Å². The van der Waals surface area contributed by atoms with E-state index in [4.69, 9.17) is 27.2 Å². The second-order valence-electron chi connectivity index (χ2n) is 4.92. The van der Waals surface area contributed by atoms with Crippen molar-refractivity contribution in [3.63, 3.8) is 0 Å². The molecule has 4 nitrogen and oxygen atoms in total. The summed E-state index contributed by atoms with van der Waals surface area (Å²) in [4.78, 5) is 2.29. The van der Waals surface area contributed by atoms with E-state index < -0.39 is 0 Å². The average Bonchev–Trinajstić information content (AvgIpc) is 2.46. The van der Waals surface area contributed by atoms with Gasteiger partial charge in [-0.05, 0) is 24.1 Å². The van der Waals surface area contributed by atoms with E-state index >= 15 is 0 Å². The van der Waals surface area contributed by atoms with Crippen LogP contribution in [0, 0.1) is 0 Å². The third-order valence-corrected chi connectivity index (χ3v) is 3.73. The van der Waals surface area contributed by atoms with Crippen molar-refractivity contribution >= 4 is 11.6 Å². The van der Waals surface area contributed by atoms with Gasteiger partial charge < -0.3 is 15.6 Å². The van der Waals surface area contributed by atoms with E-state index in [-0.39, 0.29) is 18.8 Å². The summed E-state index contributed by atoms with van der Waals surface area (Å²) < 4.78 is 5.42. The van der Waals surface area contributed by atoms with Gasteiger partial charge in [-0.3, -0.25) is 4.90 Å². The highest BCUT2D eigenvalue weighted by Gasteiger charge is 2.20. The molecule has 0 aliphatic carbocycles. The molecule has 3 N–H and O–H groups in total. The zero-order valence-electron chi connectivity index (χ0n) is 11.0. The number of nitrogens with two attached hydrogens (primary N) is 1. The van der Waals surface area contributed by atoms with E-state index in [1.54, 1.807) is 0 Å². The van der Waals surface area contributed by atoms with Crippen LogP contribution in [0.15, 0.2) is 24.3 Å². The van der Waals surface area contributed by atoms with Crippen LogP contribution in [0.5, 0.6) is 0 Å². The molecule has 1 aromatic rings. The minimum atomic E-state index is -0.0551. The Morgan fingerprint density at radius 1 is 1.42 bits per heavy atom. The van der Waals surface area contributed by atoms with Crippen molar-refractivity contribution in [3.05, 3.63) is 34.9 Å². The smallest absolute Gasteiger partial charge is 0.0932 e. The first-order valence-electron chi connectivity index (χ1n) is 6.65. The number of halogens is 1. The zero-order chi connectivity index (χ0) is 13.7. The Kier molecular flexibility index (Phi) is 5.60. The van der Waals surface area contributed by atoms with Crippen LogP contribution in [0.4, 0.5) is 0 Å². The van der Waals surface area contributed by atoms with Gasteiger partial charge in [0.1, 0.15) is 0 Å². The highest BCUT2D eigenvalue weighted by molar-refractivity contribution is 6.30. The van der Waals surface area contributed by atoms with Crippen LogP contribution in [0.3, 0.4) is 0 Å². The predicted molar refractivity (Wildman–Crippen MR) is 76.3 cm³/mol. The van der Waals surface area contributed by atoms with Crippen LogP contribution < -0.4 is 5.73 Å². The lowest BCUT2D eigenvalue weighted by molar-refractivity contribution is -0.0531. The summed E-state index contributed by atoms with van der Waals surface area (Å²) in [5.41, 5.74) is 7.29. The SMILES string of the molecule is NC(CCN1CCOC(CO)C1)c1ccc(Cl)cc1. The zero-order valence-corrected chi connectivity index (χ0v) is 11.7. The van der Waals surface area contributed by atoms with E-state index in [9.17, 15) is 0 Å². The minimum absolute atomic E-state index is 0.0210. The summed E-state index contributed by atoms with van der Waals surface area (Å²) in [6, 6.07) is 7.71. The fraction of sp³-hybridized carbons (Fsp3) is 0.571. The second-order valence-corrected chi connectivity index (χ2v) is 5.36. The molecule has 0 saturated carbocycles. The summed E-state index contributed by atoms with van der Waals surface area (Å²) in [5, 5.41) is 9.83. The molecule has 1 heterocycles. The van der Waals surface area contributed by atoms with E-state index in [1.807, 2.05) is 24.3 Å². The Bertz CT molecular complexity index is 386. The van der Waals surface area contributed by atoms with Crippen LogP contribution in [-0.2, 0) is 4.74 Å². The number of nitrogens with zero attached hydrogens (tertiary/aromatic N) is 1. The fourth-order valence-corrected chi connectivity index (χ4v) is 2.42. The number of aliphatic hydroxyl groups is 1. The van der Waals surface area contributed by atoms with Gasteiger partial charge in [0.25, 0.3) is 0 Å². The van der Waals surface area contributed by atoms with Crippen molar-refractivity contribution in [1.29, 1.82) is 0 Å². The van der Waals surface area contributed by atoms with Crippen molar-refractivity contribution in [2.24, 2.45) is 5.73 Å². The molecule has 2 atom stereocenters. The van der Waals surface area contributed by atoms with Gasteiger partial charge in [-0.2, -0.15) is 0 Å². The van der Waals surface area contributed by atoms with Gasteiger partial charge in [-0.25, -0.2) is 0 Å². The number of aliphatic hydroxyl groups excluding tert-OH is 1. The Balaban J connectivity index is 1.79. The quantitative estimate of drug-likeness (QED) is 0.859. The van der Waals surface area contributed by atoms with Crippen LogP contribution in [-0.4, -0.2) is 49.0 Å². The van der Waals surface area contributed by atoms with Crippen LogP contribution in [0.2, 0.25) is 5.02 Å². The molecule has 1 aliphatic heterocycles. The summed E-state index contributed by atoms with van der Waals surface area (Å²) in [6.45, 7) is 3.37. The number of ether oxygens (including phenoxy) is 1. The highest BCUT2D eigenvalue weighted by atomic mass is 35.5. The van der Waals surface area contributed by atoms with Crippen molar-refractivity contribution in [2.45, 2.75) is 18.6 Å². The summed E-state index contributed by atoms with van der Waals surface area (Å²) in [5.74, 6) is 0. The molecule has 1 aromatic carbocycles. The normalized spacial score (nSPS) is 22.4. The lowest BCUT2D eigenvalue weighted by Gasteiger charge is -2.32. The molecule has 106 valence electrons. The highest BCUT2D eigenvalue weighted by Crippen LogP contribution is 2.18. The largest absolute Gasteiger partial charge is 0.394 e. The Morgan fingerprint density at radius 2 is 2.16 bits per heavy atom. The number of hydrogen-bond donors (Lipinski definition) is 2. The molecule has 2 rings (SSSR count). The Hall–Kier alpha value is -0.650. The van der Waals surface area contributed by atoms with Crippen LogP contribution >= 0.6 is 11.6 Å². The van der Waals surface area contributed by atoms with E-state index in [2.05, 4.69) is 4.90 Å². The first-order valence-corrected chi connectivity index (χ1v) is 7.02. The molecule has 5 heteroatoms. The molecule has 19 heavy (non-hydrogen) atoms. The molecule has 1 fully saturated rings. The summed E-state index contributed by atoms with van der Waals surface area (Å²) in [6.07, 6.45) is 0.834. The molecule has 0 bridgehead atoms. The lowest BCUT2D eigenvalue weighted by Crippen LogP contribution is -2.44. The average molecular weight is 285 g/mol. The minimum Gasteiger partial charge on any atom is -0.394 e. The third-order valence-electron chi connectivity index (χ3n) is 3.48. The molecule has 1 aliphatic rings. The molecule has 0 aromatic heterocycles. The molecular weight excluding hydrogens is 264 g/mol. The predicted octanol–water partition coefficient (Wildman–Crippen LogP) is 1.42. The molecule has 0 amide bonds. The molecule has 0 spiro atoms. The van der Waals surface area contributed by atoms with Gasteiger partial charge in [0, 0.05) is 30.7 Å². The Labute approximate surface area is 119 Å². The number of morpholine rings is 1. The maximum atomic E-state index is 9.10. The molecule has 0 radical (unpaired) electrons. The standard InChI is InChI=1S/C14H21ClN2O2/c15-12-3-1-11(2-4-12)14(16)5-6-17-7-8-19-13(9-17)10-18/h1-4,13-14,18H,5-10,16H2. The van der Waals surface area contributed by atoms with E-state index in [1.165, 1.54) is 0 Å². The van der Waals surface area contributed by atoms with Crippen molar-refractivity contribution in [1.82, 2.24) is 4.90 Å². The van der Waals surface area contributed by atoms with Gasteiger partial charge in [0.05, 0.1) is 19.3 Å². The second kappa shape index (κ2) is 7.22. The van der Waals surface area contributed by atoms with E-state index in [0.29, 0.717) is 6.61 Å². The third kappa shape index (κ3) is 4.44. The van der Waals surface area contributed by atoms with Crippen molar-refractivity contribution in [2.75, 3.05) is 32.8 Å². The summed E-state index contributed by atoms with van der Waals surface area (Å²) in [7, 11) is 0. The number of benzene rings is 1. The molecule has 1 saturated heterocycles. The van der Waals surface area contributed by atoms with Crippen molar-refractivity contribution < 1.29 is 9.84 Å². The topological polar surface area (TPSA) is 58.7 Å². The maximum Gasteiger partial charge on any atom is 0.0932 e. The van der Waals surface area contributed by atoms with E-state index in [0.717, 1.165) is 36.6 Å². The first-order chi connectivity index (χ1) is 9.19. The monoisotopic (exact) mass is 284 g/mol. The summed E-state index contributed by atoms with van der Waals surface area (Å²) >= 11 is 5.86. The van der Waals surface area contributed by atoms with Gasteiger partial charge in [0.15, 0.2) is 0 Å². The molecular formula is C14H21ClN2O2. The lowest BCUT2D eigenvalue weighted by atomic mass is 10.0. The Morgan fingerprint density at radius 3 is 2.84 bits per heavy atom. The van der Waals surface area contributed by atoms with Gasteiger partial charge >= 0.3 is 0 Å². The van der Waals surface area contributed by atoms with Gasteiger partial charge in [0.2, 0.25) is 0 Å².